The molecule has 7 rings (SSSR count). The lowest BCUT2D eigenvalue weighted by molar-refractivity contribution is -0.139. The van der Waals surface area contributed by atoms with Gasteiger partial charge in [0, 0.05) is 62.0 Å². The number of allylic oxidation sites excluding steroid dienone is 1. The van der Waals surface area contributed by atoms with Crippen LogP contribution in [-0.2, 0) is 21.4 Å². The van der Waals surface area contributed by atoms with E-state index in [2.05, 4.69) is 17.5 Å². The van der Waals surface area contributed by atoms with Crippen LogP contribution in [0.4, 0.5) is 0 Å². The Labute approximate surface area is 296 Å². The van der Waals surface area contributed by atoms with Gasteiger partial charge in [-0.25, -0.2) is 17.4 Å². The molecule has 1 atom stereocenters. The highest BCUT2D eigenvalue weighted by molar-refractivity contribution is 7.90. The van der Waals surface area contributed by atoms with Gasteiger partial charge in [0.15, 0.2) is 0 Å². The first-order chi connectivity index (χ1) is 24.5. The number of piperazine rings is 1. The fraction of sp³-hybridized carbons (Fsp3) is 0.225. The van der Waals surface area contributed by atoms with Crippen molar-refractivity contribution in [2.45, 2.75) is 31.3 Å². The molecule has 0 unspecified atom stereocenters. The average molecular weight is 702 g/mol. The van der Waals surface area contributed by atoms with Crippen LogP contribution in [0.25, 0.3) is 44.2 Å². The average Bonchev–Trinajstić information content (AvgIpc) is 3.60. The van der Waals surface area contributed by atoms with Crippen molar-refractivity contribution in [2.24, 2.45) is 0 Å². The highest BCUT2D eigenvalue weighted by atomic mass is 32.2. The van der Waals surface area contributed by atoms with Crippen molar-refractivity contribution in [2.75, 3.05) is 33.3 Å². The van der Waals surface area contributed by atoms with Gasteiger partial charge in [0.25, 0.3) is 15.6 Å². The molecule has 0 aliphatic carbocycles. The summed E-state index contributed by atoms with van der Waals surface area (Å²) >= 11 is 0. The van der Waals surface area contributed by atoms with Crippen LogP contribution in [0, 0.1) is 6.92 Å². The number of hydrogen-bond acceptors (Lipinski definition) is 7. The molecule has 0 saturated carbocycles. The van der Waals surface area contributed by atoms with E-state index < -0.39 is 15.6 Å². The largest absolute Gasteiger partial charge is 0.492 e. The van der Waals surface area contributed by atoms with Crippen molar-refractivity contribution in [1.29, 1.82) is 0 Å². The number of amides is 1. The number of ether oxygens (including phenoxy) is 1. The van der Waals surface area contributed by atoms with Crippen molar-refractivity contribution in [3.63, 3.8) is 0 Å². The van der Waals surface area contributed by atoms with E-state index in [1.54, 1.807) is 47.5 Å². The van der Waals surface area contributed by atoms with Gasteiger partial charge in [-0.15, -0.1) is 6.58 Å². The van der Waals surface area contributed by atoms with Crippen molar-refractivity contribution in [1.82, 2.24) is 23.3 Å². The highest BCUT2D eigenvalue weighted by Crippen LogP contribution is 2.32. The molecule has 1 aliphatic heterocycles. The second-order valence-corrected chi connectivity index (χ2v) is 14.7. The van der Waals surface area contributed by atoms with Crippen LogP contribution in [0.15, 0.2) is 120 Å². The van der Waals surface area contributed by atoms with E-state index in [9.17, 15) is 18.0 Å². The molecule has 0 radical (unpaired) electrons. The summed E-state index contributed by atoms with van der Waals surface area (Å²) in [7, 11) is -2.20. The third-order valence-corrected chi connectivity index (χ3v) is 11.3. The summed E-state index contributed by atoms with van der Waals surface area (Å²) < 4.78 is 36.0. The first-order valence-electron chi connectivity index (χ1n) is 16.9. The maximum Gasteiger partial charge on any atom is 0.276 e. The molecule has 51 heavy (non-hydrogen) atoms. The Kier molecular flexibility index (Phi) is 9.09. The first kappa shape index (κ1) is 34.0. The molecule has 3 aromatic carbocycles. The number of pyridine rings is 2. The Morgan fingerprint density at radius 3 is 2.43 bits per heavy atom. The SMILES string of the molecule is C=CCn1cc(-c2ccc3cc(-c4ccc(OCCN5CCN(C)C(=O)[C@H]5C)cc4)ccc3n2)c2ccn(S(=O)(=O)c3ccc(C)cc3)c2c1=O. The van der Waals surface area contributed by atoms with Crippen molar-refractivity contribution < 1.29 is 17.9 Å². The number of likely N-dealkylation sites (N-methyl/N-ethyl adjacent to an activating group) is 1. The van der Waals surface area contributed by atoms with E-state index in [0.29, 0.717) is 29.8 Å². The molecular weight excluding hydrogens is 663 g/mol. The number of aromatic nitrogens is 3. The molecule has 3 aromatic heterocycles. The van der Waals surface area contributed by atoms with Crippen LogP contribution in [0.3, 0.4) is 0 Å². The normalized spacial score (nSPS) is 15.5. The number of rotatable bonds is 10. The van der Waals surface area contributed by atoms with Gasteiger partial charge in [-0.2, -0.15) is 0 Å². The van der Waals surface area contributed by atoms with Crippen molar-refractivity contribution in [3.8, 4) is 28.1 Å². The number of fused-ring (bicyclic) bond motifs is 2. The number of carbonyl (C=O) groups excluding carboxylic acids is 1. The number of hydrogen-bond donors (Lipinski definition) is 0. The molecule has 11 heteroatoms. The quantitative estimate of drug-likeness (QED) is 0.162. The standard InChI is InChI=1S/C40H39N5O5S/c1-5-19-44-26-35(34-18-20-45(38(34)40(44)47)51(48,49)33-14-6-27(2)7-15-33)37-17-11-31-25-30(10-16-36(31)41-37)29-8-12-32(13-9-29)50-24-23-43-22-21-42(4)39(46)28(43)3/h5-18,20,25-26,28H,1,19,21-24H2,2-4H3/t28-/m1/s1. The van der Waals surface area contributed by atoms with Crippen LogP contribution in [0.5, 0.6) is 5.75 Å². The smallest absolute Gasteiger partial charge is 0.276 e. The number of nitrogens with zero attached hydrogens (tertiary/aromatic N) is 5. The van der Waals surface area contributed by atoms with Gasteiger partial charge in [-0.05, 0) is 73.5 Å². The predicted octanol–water partition coefficient (Wildman–Crippen LogP) is 5.96. The molecule has 0 bridgehead atoms. The zero-order valence-corrected chi connectivity index (χ0v) is 29.6. The highest BCUT2D eigenvalue weighted by Gasteiger charge is 2.29. The van der Waals surface area contributed by atoms with Crippen LogP contribution in [0.1, 0.15) is 12.5 Å². The summed E-state index contributed by atoms with van der Waals surface area (Å²) in [5.74, 6) is 0.907. The number of aryl methyl sites for hydroxylation is 1. The molecular formula is C40H39N5O5S. The molecule has 1 amide bonds. The van der Waals surface area contributed by atoms with Crippen molar-refractivity contribution >= 4 is 37.7 Å². The lowest BCUT2D eigenvalue weighted by Crippen LogP contribution is -2.55. The van der Waals surface area contributed by atoms with E-state index >= 15 is 0 Å². The van der Waals surface area contributed by atoms with Crippen LogP contribution < -0.4 is 10.3 Å². The maximum atomic E-state index is 13.7. The van der Waals surface area contributed by atoms with Gasteiger partial charge < -0.3 is 14.2 Å². The zero-order chi connectivity index (χ0) is 35.9. The first-order valence-corrected chi connectivity index (χ1v) is 18.3. The van der Waals surface area contributed by atoms with E-state index in [1.165, 1.54) is 10.8 Å². The van der Waals surface area contributed by atoms with Gasteiger partial charge >= 0.3 is 0 Å². The fourth-order valence-electron chi connectivity index (χ4n) is 6.61. The predicted molar refractivity (Wildman–Crippen MR) is 200 cm³/mol. The Hall–Kier alpha value is -5.52. The minimum atomic E-state index is -4.04. The van der Waals surface area contributed by atoms with Crippen LogP contribution in [-0.4, -0.2) is 77.0 Å². The molecule has 0 spiro atoms. The van der Waals surface area contributed by atoms with Gasteiger partial charge in [-0.3, -0.25) is 14.5 Å². The summed E-state index contributed by atoms with van der Waals surface area (Å²) in [6, 6.07) is 26.0. The maximum absolute atomic E-state index is 13.7. The summed E-state index contributed by atoms with van der Waals surface area (Å²) in [6.07, 6.45) is 4.75. The Bertz CT molecular complexity index is 2450. The fourth-order valence-corrected chi connectivity index (χ4v) is 7.95. The number of carbonyl (C=O) groups is 1. The molecule has 1 aliphatic rings. The molecule has 1 saturated heterocycles. The minimum Gasteiger partial charge on any atom is -0.492 e. The van der Waals surface area contributed by atoms with Gasteiger partial charge in [0.05, 0.1) is 22.1 Å². The monoisotopic (exact) mass is 701 g/mol. The van der Waals surface area contributed by atoms with Gasteiger partial charge in [0.1, 0.15) is 17.9 Å². The number of benzene rings is 3. The van der Waals surface area contributed by atoms with Crippen LogP contribution in [0.2, 0.25) is 0 Å². The Morgan fingerprint density at radius 2 is 1.69 bits per heavy atom. The third-order valence-electron chi connectivity index (χ3n) is 9.60. The molecule has 10 nitrogen and oxygen atoms in total. The van der Waals surface area contributed by atoms with E-state index in [0.717, 1.165) is 50.4 Å². The van der Waals surface area contributed by atoms with Crippen molar-refractivity contribution in [3.05, 3.63) is 126 Å². The molecule has 4 heterocycles. The molecule has 0 N–H and O–H groups in total. The Morgan fingerprint density at radius 1 is 0.941 bits per heavy atom. The van der Waals surface area contributed by atoms with Crippen LogP contribution >= 0.6 is 0 Å². The lowest BCUT2D eigenvalue weighted by atomic mass is 10.0. The van der Waals surface area contributed by atoms with E-state index in [-0.39, 0.29) is 28.9 Å². The zero-order valence-electron chi connectivity index (χ0n) is 28.8. The van der Waals surface area contributed by atoms with Gasteiger partial charge in [0.2, 0.25) is 5.91 Å². The molecule has 260 valence electrons. The van der Waals surface area contributed by atoms with E-state index in [4.69, 9.17) is 9.72 Å². The lowest BCUT2D eigenvalue weighted by Gasteiger charge is -2.37. The summed E-state index contributed by atoms with van der Waals surface area (Å²) in [6.45, 7) is 10.6. The topological polar surface area (TPSA) is 107 Å². The molecule has 6 aromatic rings. The van der Waals surface area contributed by atoms with E-state index in [1.807, 2.05) is 69.4 Å². The minimum absolute atomic E-state index is 0.0589. The summed E-state index contributed by atoms with van der Waals surface area (Å²) in [5.41, 5.74) is 4.62. The summed E-state index contributed by atoms with van der Waals surface area (Å²) in [5, 5.41) is 1.43. The molecule has 1 fully saturated rings. The van der Waals surface area contributed by atoms with Gasteiger partial charge in [-0.1, -0.05) is 48.0 Å². The summed E-state index contributed by atoms with van der Waals surface area (Å²) in [4.78, 5) is 34.9. The third kappa shape index (κ3) is 6.46. The second kappa shape index (κ2) is 13.7. The Balaban J connectivity index is 1.15. The second-order valence-electron chi connectivity index (χ2n) is 12.9.